The Kier molecular flexibility index (Phi) is 7.77. The van der Waals surface area contributed by atoms with Crippen molar-refractivity contribution in [3.05, 3.63) is 36.4 Å². The molecule has 1 saturated carbocycles. The number of fused-ring (bicyclic) bond motifs is 1. The van der Waals surface area contributed by atoms with E-state index in [4.69, 9.17) is 14.2 Å². The molecule has 5 rings (SSSR count). The standard InChI is InChI=1S/C29H39N3O6/c1-18(2)37-17-7-16-32-25(27(34)31-19-8-5-4-6-9-19)29-15-14-22(38-29)23(24(29)28(32)35)26(33)30-20-10-12-21(36-3)13-11-20/h10-15,18-19,22-25H,4-9,16-17H2,1-3H3,(H,30,33)(H,31,34)/t22-,23?,24-,25?,29?/m1/s1. The summed E-state index contributed by atoms with van der Waals surface area (Å²) in [6, 6.07) is 6.33. The van der Waals surface area contributed by atoms with Gasteiger partial charge in [-0.25, -0.2) is 0 Å². The Morgan fingerprint density at radius 1 is 1.13 bits per heavy atom. The van der Waals surface area contributed by atoms with Gasteiger partial charge < -0.3 is 29.7 Å². The van der Waals surface area contributed by atoms with Crippen LogP contribution in [0.1, 0.15) is 52.4 Å². The Morgan fingerprint density at radius 3 is 2.55 bits per heavy atom. The number of nitrogens with one attached hydrogen (secondary N) is 2. The highest BCUT2D eigenvalue weighted by molar-refractivity contribution is 6.02. The molecule has 3 amide bonds. The number of amides is 3. The lowest BCUT2D eigenvalue weighted by atomic mass is 9.74. The van der Waals surface area contributed by atoms with Gasteiger partial charge in [0.05, 0.1) is 31.2 Å². The molecule has 1 aliphatic carbocycles. The van der Waals surface area contributed by atoms with Gasteiger partial charge in [0.15, 0.2) is 0 Å². The molecule has 2 bridgehead atoms. The van der Waals surface area contributed by atoms with Crippen molar-refractivity contribution in [3.63, 3.8) is 0 Å². The fourth-order valence-electron chi connectivity index (χ4n) is 6.49. The number of rotatable bonds is 10. The molecular formula is C29H39N3O6. The van der Waals surface area contributed by atoms with Crippen LogP contribution in [0, 0.1) is 11.8 Å². The third-order valence-corrected chi connectivity index (χ3v) is 8.23. The zero-order valence-corrected chi connectivity index (χ0v) is 22.5. The van der Waals surface area contributed by atoms with Crippen LogP contribution in [0.15, 0.2) is 36.4 Å². The molecule has 9 heteroatoms. The van der Waals surface area contributed by atoms with E-state index in [0.29, 0.717) is 31.0 Å². The van der Waals surface area contributed by atoms with Crippen LogP contribution in [-0.2, 0) is 23.9 Å². The van der Waals surface area contributed by atoms with Crippen LogP contribution in [0.2, 0.25) is 0 Å². The van der Waals surface area contributed by atoms with Crippen molar-refractivity contribution in [3.8, 4) is 5.75 Å². The van der Waals surface area contributed by atoms with Gasteiger partial charge in [-0.3, -0.25) is 14.4 Å². The lowest BCUT2D eigenvalue weighted by Crippen LogP contribution is -2.56. The van der Waals surface area contributed by atoms with E-state index in [2.05, 4.69) is 10.6 Å². The Balaban J connectivity index is 1.38. The molecule has 206 valence electrons. The molecule has 4 aliphatic rings. The molecule has 1 aromatic rings. The highest BCUT2D eigenvalue weighted by atomic mass is 16.5. The van der Waals surface area contributed by atoms with Gasteiger partial charge in [-0.1, -0.05) is 31.4 Å². The Bertz CT molecular complexity index is 1070. The lowest BCUT2D eigenvalue weighted by molar-refractivity contribution is -0.141. The Hall–Kier alpha value is -2.91. The van der Waals surface area contributed by atoms with Crippen molar-refractivity contribution in [1.29, 1.82) is 0 Å². The van der Waals surface area contributed by atoms with Crippen LogP contribution in [0.5, 0.6) is 5.75 Å². The summed E-state index contributed by atoms with van der Waals surface area (Å²) in [5, 5.41) is 6.15. The number of likely N-dealkylation sites (tertiary alicyclic amines) is 1. The van der Waals surface area contributed by atoms with E-state index in [-0.39, 0.29) is 29.9 Å². The van der Waals surface area contributed by atoms with Crippen molar-refractivity contribution in [2.75, 3.05) is 25.6 Å². The fraction of sp³-hybridized carbons (Fsp3) is 0.621. The second-order valence-electron chi connectivity index (χ2n) is 11.1. The smallest absolute Gasteiger partial charge is 0.246 e. The highest BCUT2D eigenvalue weighted by Crippen LogP contribution is 2.55. The van der Waals surface area contributed by atoms with E-state index in [1.807, 2.05) is 26.0 Å². The number of ether oxygens (including phenoxy) is 3. The number of benzene rings is 1. The number of nitrogens with zero attached hydrogens (tertiary/aromatic N) is 1. The molecule has 3 fully saturated rings. The summed E-state index contributed by atoms with van der Waals surface area (Å²) in [5.74, 6) is -1.50. The molecular weight excluding hydrogens is 486 g/mol. The molecule has 3 heterocycles. The largest absolute Gasteiger partial charge is 0.497 e. The van der Waals surface area contributed by atoms with Crippen LogP contribution >= 0.6 is 0 Å². The number of methoxy groups -OCH3 is 1. The van der Waals surface area contributed by atoms with Crippen molar-refractivity contribution < 1.29 is 28.6 Å². The van der Waals surface area contributed by atoms with Crippen LogP contribution in [-0.4, -0.2) is 72.8 Å². The first-order chi connectivity index (χ1) is 18.3. The maximum Gasteiger partial charge on any atom is 0.246 e. The summed E-state index contributed by atoms with van der Waals surface area (Å²) < 4.78 is 17.3. The monoisotopic (exact) mass is 525 g/mol. The minimum atomic E-state index is -1.15. The lowest BCUT2D eigenvalue weighted by Gasteiger charge is -2.34. The predicted octanol–water partition coefficient (Wildman–Crippen LogP) is 3.05. The number of hydrogen-bond acceptors (Lipinski definition) is 6. The van der Waals surface area contributed by atoms with Gasteiger partial charge in [0.1, 0.15) is 17.4 Å². The van der Waals surface area contributed by atoms with Gasteiger partial charge in [0.2, 0.25) is 17.7 Å². The van der Waals surface area contributed by atoms with Crippen LogP contribution in [0.4, 0.5) is 5.69 Å². The molecule has 0 aromatic heterocycles. The van der Waals surface area contributed by atoms with Crippen molar-refractivity contribution in [2.24, 2.45) is 11.8 Å². The molecule has 9 nitrogen and oxygen atoms in total. The number of anilines is 1. The summed E-state index contributed by atoms with van der Waals surface area (Å²) in [4.78, 5) is 42.9. The highest BCUT2D eigenvalue weighted by Gasteiger charge is 2.72. The zero-order valence-electron chi connectivity index (χ0n) is 22.5. The van der Waals surface area contributed by atoms with Crippen molar-refractivity contribution in [2.45, 2.75) is 82.3 Å². The van der Waals surface area contributed by atoms with E-state index < -0.39 is 29.6 Å². The van der Waals surface area contributed by atoms with Crippen LogP contribution < -0.4 is 15.4 Å². The summed E-state index contributed by atoms with van der Waals surface area (Å²) >= 11 is 0. The van der Waals surface area contributed by atoms with Gasteiger partial charge in [0.25, 0.3) is 0 Å². The maximum absolute atomic E-state index is 14.0. The average molecular weight is 526 g/mol. The zero-order chi connectivity index (χ0) is 26.9. The van der Waals surface area contributed by atoms with Gasteiger partial charge in [0, 0.05) is 24.9 Å². The molecule has 5 atom stereocenters. The molecule has 3 unspecified atom stereocenters. The molecule has 2 saturated heterocycles. The number of carbonyl (C=O) groups excluding carboxylic acids is 3. The third kappa shape index (κ3) is 4.94. The normalized spacial score (nSPS) is 30.1. The third-order valence-electron chi connectivity index (χ3n) is 8.23. The minimum absolute atomic E-state index is 0.0838. The summed E-state index contributed by atoms with van der Waals surface area (Å²) in [7, 11) is 1.58. The summed E-state index contributed by atoms with van der Waals surface area (Å²) in [6.45, 7) is 4.78. The van der Waals surface area contributed by atoms with Crippen LogP contribution in [0.3, 0.4) is 0 Å². The second kappa shape index (κ2) is 11.1. The molecule has 1 spiro atoms. The Labute approximate surface area is 224 Å². The van der Waals surface area contributed by atoms with E-state index in [0.717, 1.165) is 25.7 Å². The fourth-order valence-corrected chi connectivity index (χ4v) is 6.49. The molecule has 38 heavy (non-hydrogen) atoms. The van der Waals surface area contributed by atoms with E-state index in [1.54, 1.807) is 36.3 Å². The number of carbonyl (C=O) groups is 3. The van der Waals surface area contributed by atoms with Gasteiger partial charge in [-0.15, -0.1) is 0 Å². The first-order valence-corrected chi connectivity index (χ1v) is 13.9. The predicted molar refractivity (Wildman–Crippen MR) is 142 cm³/mol. The Morgan fingerprint density at radius 2 is 1.87 bits per heavy atom. The average Bonchev–Trinajstić information content (AvgIpc) is 3.55. The summed E-state index contributed by atoms with van der Waals surface area (Å²) in [5.41, 5.74) is -0.544. The minimum Gasteiger partial charge on any atom is -0.497 e. The van der Waals surface area contributed by atoms with E-state index in [1.165, 1.54) is 6.42 Å². The van der Waals surface area contributed by atoms with E-state index in [9.17, 15) is 14.4 Å². The molecule has 2 N–H and O–H groups in total. The molecule has 1 aromatic carbocycles. The number of hydrogen-bond donors (Lipinski definition) is 2. The van der Waals surface area contributed by atoms with Gasteiger partial charge >= 0.3 is 0 Å². The van der Waals surface area contributed by atoms with Crippen molar-refractivity contribution in [1.82, 2.24) is 10.2 Å². The quantitative estimate of drug-likeness (QED) is 0.359. The SMILES string of the molecule is COc1ccc(NC(=O)C2[C@H]3C=CC4(O3)C(C(=O)NC3CCCCC3)N(CCCOC(C)C)C(=O)[C@@H]24)cc1. The molecule has 3 aliphatic heterocycles. The van der Waals surface area contributed by atoms with Crippen LogP contribution in [0.25, 0.3) is 0 Å². The van der Waals surface area contributed by atoms with Crippen molar-refractivity contribution >= 4 is 23.4 Å². The van der Waals surface area contributed by atoms with Gasteiger partial charge in [-0.2, -0.15) is 0 Å². The van der Waals surface area contributed by atoms with Gasteiger partial charge in [-0.05, 0) is 57.4 Å². The first-order valence-electron chi connectivity index (χ1n) is 13.9. The molecule has 0 radical (unpaired) electrons. The first kappa shape index (κ1) is 26.7. The summed E-state index contributed by atoms with van der Waals surface area (Å²) in [6.07, 6.45) is 9.06. The maximum atomic E-state index is 14.0. The second-order valence-corrected chi connectivity index (χ2v) is 11.1. The van der Waals surface area contributed by atoms with E-state index >= 15 is 0 Å². The topological polar surface area (TPSA) is 106 Å².